The lowest BCUT2D eigenvalue weighted by atomic mass is 9.46. The van der Waals surface area contributed by atoms with E-state index < -0.39 is 0 Å². The van der Waals surface area contributed by atoms with E-state index in [2.05, 4.69) is 108 Å². The van der Waals surface area contributed by atoms with Gasteiger partial charge in [0.25, 0.3) is 0 Å². The molecule has 10 heteroatoms. The maximum atomic E-state index is 12.8. The Hall–Kier alpha value is -2.07. The average Bonchev–Trinajstić information content (AvgIpc) is 4.21. The predicted octanol–water partition coefficient (Wildman–Crippen LogP) is 16.3. The number of unbranched alkanes of at least 4 members (excludes halogenated alkanes) is 8. The fourth-order valence-electron chi connectivity index (χ4n) is 19.5. The van der Waals surface area contributed by atoms with Gasteiger partial charge in [0, 0.05) is 73.3 Å². The maximum absolute atomic E-state index is 12.8. The zero-order chi connectivity index (χ0) is 54.6. The summed E-state index contributed by atoms with van der Waals surface area (Å²) in [5.74, 6) is 7.42. The molecule has 2 aliphatic heterocycles. The Bertz CT molecular complexity index is 2090. The smallest absolute Gasteiger partial charge is 0.306 e. The zero-order valence-corrected chi connectivity index (χ0v) is 51.7. The first kappa shape index (κ1) is 60.0. The number of likely N-dealkylation sites (tertiary alicyclic amines) is 2. The minimum Gasteiger partial charge on any atom is -0.462 e. The Kier molecular flexibility index (Phi) is 20.0. The fourth-order valence-corrected chi connectivity index (χ4v) is 21.2. The molecule has 2 amide bonds. The van der Waals surface area contributed by atoms with Gasteiger partial charge in [-0.2, -0.15) is 11.8 Å². The van der Waals surface area contributed by atoms with E-state index in [1.165, 1.54) is 126 Å². The second kappa shape index (κ2) is 25.4. The monoisotopic (exact) mass is 1090 g/mol. The Morgan fingerprint density at radius 3 is 1.47 bits per heavy atom. The van der Waals surface area contributed by atoms with Crippen LogP contribution in [0.1, 0.15) is 247 Å². The molecule has 1 aromatic heterocycles. The molecule has 0 aromatic carbocycles. The van der Waals surface area contributed by atoms with E-state index in [0.29, 0.717) is 53.3 Å². The van der Waals surface area contributed by atoms with Crippen molar-refractivity contribution in [3.05, 3.63) is 22.4 Å². The molecule has 0 N–H and O–H groups in total. The van der Waals surface area contributed by atoms with Crippen LogP contribution in [0.25, 0.3) is 0 Å². The number of amides is 2. The number of thioether (sulfide) groups is 1. The molecule has 0 spiro atoms. The number of fused-ring (bicyclic) bond motifs is 10. The van der Waals surface area contributed by atoms with E-state index in [4.69, 9.17) is 9.47 Å². The molecular weight excluding hydrogens is 981 g/mol. The highest BCUT2D eigenvalue weighted by Gasteiger charge is 2.64. The number of hydrogen-bond donors (Lipinski definition) is 0. The van der Waals surface area contributed by atoms with Crippen LogP contribution in [-0.2, 0) is 35.1 Å². The van der Waals surface area contributed by atoms with Crippen molar-refractivity contribution in [3.8, 4) is 0 Å². The Balaban J connectivity index is 0.000000205. The number of thiophene rings is 1. The molecule has 9 rings (SSSR count). The number of hydrogen-bond acceptors (Lipinski definition) is 8. The van der Waals surface area contributed by atoms with E-state index in [0.717, 1.165) is 93.3 Å². The third-order valence-electron chi connectivity index (χ3n) is 23.5. The number of aryl methyl sites for hydroxylation is 1. The summed E-state index contributed by atoms with van der Waals surface area (Å²) >= 11 is 3.85. The molecular formula is C66H108N2O6S2. The van der Waals surface area contributed by atoms with Crippen molar-refractivity contribution >= 4 is 46.9 Å². The molecule has 6 saturated carbocycles. The Morgan fingerprint density at radius 2 is 1.03 bits per heavy atom. The molecule has 6 aliphatic carbocycles. The second-order valence-corrected chi connectivity index (χ2v) is 31.6. The van der Waals surface area contributed by atoms with E-state index in [1.54, 1.807) is 11.3 Å². The fraction of sp³-hybridized carbons (Fsp3) is 0.879. The molecule has 16 atom stereocenters. The summed E-state index contributed by atoms with van der Waals surface area (Å²) in [6.07, 6.45) is 32.8. The van der Waals surface area contributed by atoms with E-state index in [9.17, 15) is 19.2 Å². The summed E-state index contributed by atoms with van der Waals surface area (Å²) < 4.78 is 12.6. The lowest BCUT2D eigenvalue weighted by Gasteiger charge is -2.62. The van der Waals surface area contributed by atoms with Crippen LogP contribution in [0.4, 0.5) is 0 Å². The van der Waals surface area contributed by atoms with Crippen molar-refractivity contribution in [2.75, 3.05) is 19.8 Å². The third-order valence-corrected chi connectivity index (χ3v) is 25.8. The highest BCUT2D eigenvalue weighted by atomic mass is 32.2. The van der Waals surface area contributed by atoms with Crippen LogP contribution in [0.5, 0.6) is 0 Å². The van der Waals surface area contributed by atoms with Crippen LogP contribution < -0.4 is 0 Å². The summed E-state index contributed by atoms with van der Waals surface area (Å²) in [5, 5.41) is 2.10. The first-order valence-corrected chi connectivity index (χ1v) is 33.5. The molecule has 8 nitrogen and oxygen atoms in total. The first-order chi connectivity index (χ1) is 36.1. The molecule has 0 radical (unpaired) electrons. The minimum absolute atomic E-state index is 0.00569. The van der Waals surface area contributed by atoms with Gasteiger partial charge in [-0.1, -0.05) is 99.5 Å². The number of rotatable bonds is 20. The van der Waals surface area contributed by atoms with Crippen molar-refractivity contribution in [3.63, 3.8) is 0 Å². The van der Waals surface area contributed by atoms with E-state index >= 15 is 0 Å². The number of nitrogens with zero attached hydrogens (tertiary/aromatic N) is 2. The van der Waals surface area contributed by atoms with Gasteiger partial charge in [-0.15, -0.1) is 11.3 Å². The van der Waals surface area contributed by atoms with Crippen LogP contribution in [-0.4, -0.2) is 82.4 Å². The summed E-state index contributed by atoms with van der Waals surface area (Å²) in [5.41, 5.74) is 1.10. The van der Waals surface area contributed by atoms with Crippen LogP contribution in [0, 0.1) is 69.0 Å². The van der Waals surface area contributed by atoms with Crippen molar-refractivity contribution in [2.45, 2.75) is 278 Å². The highest BCUT2D eigenvalue weighted by molar-refractivity contribution is 8.00. The number of carbonyl (C=O) groups excluding carboxylic acids is 4. The van der Waals surface area contributed by atoms with Gasteiger partial charge >= 0.3 is 11.9 Å². The highest BCUT2D eigenvalue weighted by Crippen LogP contribution is 2.68. The van der Waals surface area contributed by atoms with E-state index in [1.807, 2.05) is 7.05 Å². The van der Waals surface area contributed by atoms with Crippen molar-refractivity contribution in [1.29, 1.82) is 0 Å². The maximum Gasteiger partial charge on any atom is 0.306 e. The first-order valence-electron chi connectivity index (χ1n) is 31.7. The summed E-state index contributed by atoms with van der Waals surface area (Å²) in [6.45, 7) is 21.3. The van der Waals surface area contributed by atoms with Crippen molar-refractivity contribution in [1.82, 2.24) is 9.80 Å². The van der Waals surface area contributed by atoms with Gasteiger partial charge in [0.1, 0.15) is 12.2 Å². The largest absolute Gasteiger partial charge is 0.462 e. The third kappa shape index (κ3) is 13.0. The SMILES string of the molecule is CC(OC(=O)CCCCCCCCCCCSC(C)(C)C)[C@H]1CC[C@H]2[C@@H]3CC[C@H]4N(C)C(=O)CC[C@]4(C)[C@H]3CC[C@]12C.CC(OC(=O)CCCc1cccs1)[C@H]1CC[C@H]2[C@@H]3CC[C@H]4N(C)C(=O)CC[C@]4(C)[C@H]3CC[C@]12C. The molecule has 2 unspecified atom stereocenters. The van der Waals surface area contributed by atoms with Crippen molar-refractivity contribution in [2.24, 2.45) is 69.0 Å². The molecule has 2 saturated heterocycles. The van der Waals surface area contributed by atoms with Crippen molar-refractivity contribution < 1.29 is 28.7 Å². The predicted molar refractivity (Wildman–Crippen MR) is 314 cm³/mol. The average molecular weight is 1090 g/mol. The standard InChI is InChI=1S/C37H65NO3S.C29H43NO3S/c1-27(41-34(40)17-15-13-11-9-8-10-12-14-16-26-42-35(2,3)4)29-19-20-30-28-18-21-32-37(6,25-23-33(39)38(32)7)31(28)22-24-36(29,30)5;1-19(33-27(32)9-5-7-20-8-6-18-34-20)22-11-12-23-21-10-13-25-29(3,17-15-26(31)30(25)4)24(21)14-16-28(22,23)2/h27-32H,8-26H2,1-7H3;6,8,18-19,21-25H,5,7,9-17H2,1-4H3/t27?,28-,29+,30-,31-,32+,36+,37+;19?,21-,22+,23-,24-,25+,28+,29+/m00/s1. The van der Waals surface area contributed by atoms with Gasteiger partial charge in [0.05, 0.1) is 0 Å². The number of carbonyl (C=O) groups is 4. The van der Waals surface area contributed by atoms with Crippen LogP contribution in [0.3, 0.4) is 0 Å². The lowest BCUT2D eigenvalue weighted by molar-refractivity contribution is -0.164. The van der Waals surface area contributed by atoms with Crippen LogP contribution >= 0.6 is 23.1 Å². The second-order valence-electron chi connectivity index (χ2n) is 28.6. The van der Waals surface area contributed by atoms with Gasteiger partial charge in [0.2, 0.25) is 11.8 Å². The lowest BCUT2D eigenvalue weighted by Crippen LogP contribution is -2.61. The summed E-state index contributed by atoms with van der Waals surface area (Å²) in [4.78, 5) is 55.9. The van der Waals surface area contributed by atoms with Gasteiger partial charge in [-0.3, -0.25) is 19.2 Å². The molecule has 1 aromatic rings. The van der Waals surface area contributed by atoms with Gasteiger partial charge in [-0.25, -0.2) is 0 Å². The number of esters is 2. The number of piperidine rings is 2. The Morgan fingerprint density at radius 1 is 0.592 bits per heavy atom. The van der Waals surface area contributed by atoms with Gasteiger partial charge in [0.15, 0.2) is 0 Å². The molecule has 0 bridgehead atoms. The molecule has 8 fully saturated rings. The molecule has 430 valence electrons. The Labute approximate surface area is 471 Å². The van der Waals surface area contributed by atoms with Gasteiger partial charge in [-0.05, 0) is 204 Å². The minimum atomic E-state index is -0.0206. The van der Waals surface area contributed by atoms with Crippen LogP contribution in [0.2, 0.25) is 0 Å². The molecule has 8 aliphatic rings. The van der Waals surface area contributed by atoms with Gasteiger partial charge < -0.3 is 19.3 Å². The van der Waals surface area contributed by atoms with Crippen LogP contribution in [0.15, 0.2) is 17.5 Å². The number of ether oxygens (including phenoxy) is 2. The normalized spacial score (nSPS) is 37.6. The molecule has 3 heterocycles. The molecule has 76 heavy (non-hydrogen) atoms. The topological polar surface area (TPSA) is 93.2 Å². The van der Waals surface area contributed by atoms with E-state index in [-0.39, 0.29) is 45.8 Å². The quantitative estimate of drug-likeness (QED) is 0.0948. The zero-order valence-electron chi connectivity index (χ0n) is 50.0. The summed E-state index contributed by atoms with van der Waals surface area (Å²) in [6, 6.07) is 5.07. The summed E-state index contributed by atoms with van der Waals surface area (Å²) in [7, 11) is 4.09.